The molecule has 1 N–H and O–H groups in total. The molecule has 0 saturated carbocycles. The molecule has 104 valence electrons. The van der Waals surface area contributed by atoms with Crippen LogP contribution >= 0.6 is 0 Å². The quantitative estimate of drug-likeness (QED) is 0.648. The summed E-state index contributed by atoms with van der Waals surface area (Å²) in [5.41, 5.74) is 2.24. The van der Waals surface area contributed by atoms with Crippen LogP contribution in [0.5, 0.6) is 0 Å². The number of rotatable bonds is 5. The van der Waals surface area contributed by atoms with Crippen LogP contribution in [0, 0.1) is 0 Å². The molecule has 0 aromatic heterocycles. The number of hydrogen-bond acceptors (Lipinski definition) is 1. The molecule has 0 aliphatic rings. The highest BCUT2D eigenvalue weighted by Gasteiger charge is 2.00. The molecule has 0 spiro atoms. The topological polar surface area (TPSA) is 37.3 Å². The number of carboxylic acids is 1. The summed E-state index contributed by atoms with van der Waals surface area (Å²) in [7, 11) is 0. The van der Waals surface area contributed by atoms with Crippen molar-refractivity contribution in [1.82, 2.24) is 0 Å². The highest BCUT2D eigenvalue weighted by Crippen LogP contribution is 2.07. The Hall–Kier alpha value is -2.87. The molecule has 2 heteroatoms. The SMILES string of the molecule is O=C(O)C(C=Cc1ccccc1)=CC=Cc1ccccc1. The summed E-state index contributed by atoms with van der Waals surface area (Å²) >= 11 is 0. The smallest absolute Gasteiger partial charge is 0.335 e. The Bertz CT molecular complexity index is 665. The van der Waals surface area contributed by atoms with E-state index in [2.05, 4.69) is 0 Å². The Balaban J connectivity index is 2.12. The average Bonchev–Trinajstić information content (AvgIpc) is 2.52. The van der Waals surface area contributed by atoms with E-state index in [4.69, 9.17) is 0 Å². The molecule has 0 aliphatic carbocycles. The van der Waals surface area contributed by atoms with Gasteiger partial charge in [0, 0.05) is 0 Å². The Morgan fingerprint density at radius 3 is 1.86 bits per heavy atom. The van der Waals surface area contributed by atoms with Gasteiger partial charge in [0.05, 0.1) is 5.57 Å². The van der Waals surface area contributed by atoms with E-state index >= 15 is 0 Å². The zero-order valence-corrected chi connectivity index (χ0v) is 11.5. The van der Waals surface area contributed by atoms with Crippen LogP contribution in [0.1, 0.15) is 11.1 Å². The summed E-state index contributed by atoms with van der Waals surface area (Å²) in [6.45, 7) is 0. The van der Waals surface area contributed by atoms with Gasteiger partial charge >= 0.3 is 5.97 Å². The lowest BCUT2D eigenvalue weighted by Gasteiger charge is -1.94. The Morgan fingerprint density at radius 2 is 1.33 bits per heavy atom. The molecule has 0 atom stereocenters. The van der Waals surface area contributed by atoms with Crippen molar-refractivity contribution < 1.29 is 9.90 Å². The van der Waals surface area contributed by atoms with Crippen LogP contribution in [0.25, 0.3) is 12.2 Å². The van der Waals surface area contributed by atoms with Gasteiger partial charge in [0.1, 0.15) is 0 Å². The van der Waals surface area contributed by atoms with Crippen LogP contribution in [0.15, 0.2) is 84.5 Å². The van der Waals surface area contributed by atoms with E-state index in [0.29, 0.717) is 0 Å². The monoisotopic (exact) mass is 276 g/mol. The molecule has 0 saturated heterocycles. The van der Waals surface area contributed by atoms with Gasteiger partial charge in [-0.1, -0.05) is 78.9 Å². The van der Waals surface area contributed by atoms with Crippen molar-refractivity contribution in [2.24, 2.45) is 0 Å². The van der Waals surface area contributed by atoms with Gasteiger partial charge in [-0.15, -0.1) is 0 Å². The maximum atomic E-state index is 11.2. The van der Waals surface area contributed by atoms with Crippen molar-refractivity contribution in [3.63, 3.8) is 0 Å². The van der Waals surface area contributed by atoms with Gasteiger partial charge in [-0.25, -0.2) is 4.79 Å². The lowest BCUT2D eigenvalue weighted by molar-refractivity contribution is -0.132. The first kappa shape index (κ1) is 14.5. The summed E-state index contributed by atoms with van der Waals surface area (Å²) in [6, 6.07) is 19.4. The van der Waals surface area contributed by atoms with E-state index in [0.717, 1.165) is 11.1 Å². The van der Waals surface area contributed by atoms with Crippen molar-refractivity contribution in [3.8, 4) is 0 Å². The van der Waals surface area contributed by atoms with Crippen molar-refractivity contribution >= 4 is 18.1 Å². The third kappa shape index (κ3) is 4.96. The van der Waals surface area contributed by atoms with Crippen molar-refractivity contribution in [2.75, 3.05) is 0 Å². The van der Waals surface area contributed by atoms with Crippen LogP contribution in [-0.2, 0) is 4.79 Å². The van der Waals surface area contributed by atoms with Crippen LogP contribution in [0.3, 0.4) is 0 Å². The first-order valence-corrected chi connectivity index (χ1v) is 6.65. The zero-order valence-electron chi connectivity index (χ0n) is 11.5. The molecule has 2 nitrogen and oxygen atoms in total. The zero-order chi connectivity index (χ0) is 14.9. The van der Waals surface area contributed by atoms with Crippen molar-refractivity contribution in [3.05, 3.63) is 95.6 Å². The fraction of sp³-hybridized carbons (Fsp3) is 0. The third-order valence-corrected chi connectivity index (χ3v) is 2.87. The molecule has 0 aliphatic heterocycles. The predicted octanol–water partition coefficient (Wildman–Crippen LogP) is 4.42. The highest BCUT2D eigenvalue weighted by atomic mass is 16.4. The minimum absolute atomic E-state index is 0.242. The molecule has 0 bridgehead atoms. The maximum Gasteiger partial charge on any atom is 0.335 e. The third-order valence-electron chi connectivity index (χ3n) is 2.87. The molecular weight excluding hydrogens is 260 g/mol. The normalized spacial score (nSPS) is 12.1. The van der Waals surface area contributed by atoms with Gasteiger partial charge in [0.25, 0.3) is 0 Å². The van der Waals surface area contributed by atoms with E-state index in [9.17, 15) is 9.90 Å². The van der Waals surface area contributed by atoms with E-state index in [1.807, 2.05) is 66.7 Å². The standard InChI is InChI=1S/C19H16O2/c20-19(21)18(15-14-17-10-5-2-6-11-17)13-7-12-16-8-3-1-4-9-16/h1-15H,(H,20,21). The summed E-state index contributed by atoms with van der Waals surface area (Å²) < 4.78 is 0. The Labute approximate surface area is 124 Å². The predicted molar refractivity (Wildman–Crippen MR) is 86.7 cm³/mol. The molecule has 2 rings (SSSR count). The largest absolute Gasteiger partial charge is 0.478 e. The number of carboxylic acid groups (broad SMARTS) is 1. The number of carbonyl (C=O) groups is 1. The number of hydrogen-bond donors (Lipinski definition) is 1. The Kier molecular flexibility index (Phi) is 5.30. The van der Waals surface area contributed by atoms with E-state index in [1.54, 1.807) is 24.3 Å². The van der Waals surface area contributed by atoms with Gasteiger partial charge in [0.15, 0.2) is 0 Å². The average molecular weight is 276 g/mol. The fourth-order valence-electron chi connectivity index (χ4n) is 1.78. The molecular formula is C19H16O2. The number of aliphatic carboxylic acids is 1. The Morgan fingerprint density at radius 1 is 0.810 bits per heavy atom. The summed E-state index contributed by atoms with van der Waals surface area (Å²) in [4.78, 5) is 11.2. The molecule has 21 heavy (non-hydrogen) atoms. The fourth-order valence-corrected chi connectivity index (χ4v) is 1.78. The van der Waals surface area contributed by atoms with Crippen LogP contribution in [0.4, 0.5) is 0 Å². The van der Waals surface area contributed by atoms with Crippen LogP contribution < -0.4 is 0 Å². The van der Waals surface area contributed by atoms with Gasteiger partial charge in [-0.2, -0.15) is 0 Å². The van der Waals surface area contributed by atoms with Gasteiger partial charge in [-0.3, -0.25) is 0 Å². The number of allylic oxidation sites excluding steroid dienone is 2. The lowest BCUT2D eigenvalue weighted by Crippen LogP contribution is -1.96. The van der Waals surface area contributed by atoms with E-state index < -0.39 is 5.97 Å². The lowest BCUT2D eigenvalue weighted by atomic mass is 10.1. The van der Waals surface area contributed by atoms with Gasteiger partial charge in [-0.05, 0) is 23.3 Å². The first-order chi connectivity index (χ1) is 10.3. The molecule has 0 radical (unpaired) electrons. The minimum atomic E-state index is -0.945. The summed E-state index contributed by atoms with van der Waals surface area (Å²) in [5, 5.41) is 9.20. The molecule has 0 fully saturated rings. The second kappa shape index (κ2) is 7.65. The summed E-state index contributed by atoms with van der Waals surface area (Å²) in [6.07, 6.45) is 8.60. The minimum Gasteiger partial charge on any atom is -0.478 e. The molecule has 0 unspecified atom stereocenters. The van der Waals surface area contributed by atoms with Gasteiger partial charge in [0.2, 0.25) is 0 Å². The molecule has 2 aromatic carbocycles. The van der Waals surface area contributed by atoms with Crippen LogP contribution in [-0.4, -0.2) is 11.1 Å². The molecule has 0 amide bonds. The second-order valence-electron chi connectivity index (χ2n) is 4.44. The highest BCUT2D eigenvalue weighted by molar-refractivity contribution is 5.91. The van der Waals surface area contributed by atoms with Crippen molar-refractivity contribution in [2.45, 2.75) is 0 Å². The first-order valence-electron chi connectivity index (χ1n) is 6.65. The second-order valence-corrected chi connectivity index (χ2v) is 4.44. The number of benzene rings is 2. The maximum absolute atomic E-state index is 11.2. The summed E-state index contributed by atoms with van der Waals surface area (Å²) in [5.74, 6) is -0.945. The molecule has 0 heterocycles. The van der Waals surface area contributed by atoms with E-state index in [1.165, 1.54) is 0 Å². The molecule has 2 aromatic rings. The van der Waals surface area contributed by atoms with Crippen LogP contribution in [0.2, 0.25) is 0 Å². The van der Waals surface area contributed by atoms with Crippen molar-refractivity contribution in [1.29, 1.82) is 0 Å². The van der Waals surface area contributed by atoms with Gasteiger partial charge < -0.3 is 5.11 Å². The van der Waals surface area contributed by atoms with E-state index in [-0.39, 0.29) is 5.57 Å².